The van der Waals surface area contributed by atoms with Gasteiger partial charge in [0.15, 0.2) is 0 Å². The molecule has 2 nitrogen and oxygen atoms in total. The Morgan fingerprint density at radius 3 is 1.67 bits per heavy atom. The summed E-state index contributed by atoms with van der Waals surface area (Å²) < 4.78 is 0. The number of rotatable bonds is 0. The summed E-state index contributed by atoms with van der Waals surface area (Å²) in [6, 6.07) is 0. The Balaban J connectivity index is -0.0000000275. The first-order valence-electron chi connectivity index (χ1n) is 1.26. The molecule has 0 fully saturated rings. The van der Waals surface area contributed by atoms with Crippen LogP contribution < -0.4 is 0 Å². The summed E-state index contributed by atoms with van der Waals surface area (Å²) in [4.78, 5) is 7.75. The van der Waals surface area contributed by atoms with E-state index < -0.39 is 0 Å². The fourth-order valence-electron chi connectivity index (χ4n) is 0. The second-order valence-electron chi connectivity index (χ2n) is 0.316. The van der Waals surface area contributed by atoms with Crippen LogP contribution in [0.25, 0.3) is 0 Å². The molecule has 1 radical (unpaired) electrons. The van der Waals surface area contributed by atoms with E-state index in [1.807, 2.05) is 0 Å². The maximum atomic E-state index is 7.75. The van der Waals surface area contributed by atoms with E-state index in [1.165, 1.54) is 0 Å². The quantitative estimate of drug-likeness (QED) is 0.278. The molecule has 6 heavy (non-hydrogen) atoms. The third-order valence-corrected chi connectivity index (χ3v) is 0. The van der Waals surface area contributed by atoms with Gasteiger partial charge < -0.3 is 9.90 Å². The maximum absolute atomic E-state index is 7.75. The van der Waals surface area contributed by atoms with Crippen LogP contribution in [0, 0.1) is 0 Å². The van der Waals surface area contributed by atoms with Crippen molar-refractivity contribution in [1.82, 2.24) is 0 Å². The van der Waals surface area contributed by atoms with Crippen LogP contribution >= 0.6 is 0 Å². The minimum atomic E-state index is 0. The van der Waals surface area contributed by atoms with Crippen molar-refractivity contribution in [3.63, 3.8) is 0 Å². The second kappa shape index (κ2) is 67.1. The van der Waals surface area contributed by atoms with Gasteiger partial charge in [0.05, 0.1) is 0 Å². The van der Waals surface area contributed by atoms with Gasteiger partial charge >= 0.3 is 0 Å². The SMILES string of the molecule is CCO.[CH-]=O.[Mn]. The number of aliphatic hydroxyl groups excluding tert-OH is 1. The average molecular weight is 130 g/mol. The van der Waals surface area contributed by atoms with E-state index in [9.17, 15) is 0 Å². The molecule has 0 heterocycles. The van der Waals surface area contributed by atoms with Crippen LogP contribution in [0.2, 0.25) is 0 Å². The second-order valence-corrected chi connectivity index (χ2v) is 0.316. The fourth-order valence-corrected chi connectivity index (χ4v) is 0. The Labute approximate surface area is 48.0 Å². The molecule has 1 N–H and O–H groups in total. The Kier molecular flexibility index (Phi) is 184. The molecule has 0 saturated heterocycles. The predicted molar refractivity (Wildman–Crippen MR) is 19.5 cm³/mol. The number of carbonyl (C=O) groups excluding carboxylic acids is 1. The summed E-state index contributed by atoms with van der Waals surface area (Å²) >= 11 is 0. The zero-order chi connectivity index (χ0) is 4.71. The van der Waals surface area contributed by atoms with Gasteiger partial charge in [-0.2, -0.15) is 0 Å². The Bertz CT molecular complexity index is 12.8. The van der Waals surface area contributed by atoms with Crippen molar-refractivity contribution < 1.29 is 27.0 Å². The first kappa shape index (κ1) is 16.4. The van der Waals surface area contributed by atoms with E-state index in [4.69, 9.17) is 9.90 Å². The molecule has 0 aliphatic carbocycles. The van der Waals surface area contributed by atoms with E-state index in [-0.39, 0.29) is 23.7 Å². The van der Waals surface area contributed by atoms with Crippen molar-refractivity contribution >= 4 is 6.79 Å². The molecule has 0 amide bonds. The number of hydrogen-bond donors (Lipinski definition) is 1. The van der Waals surface area contributed by atoms with Gasteiger partial charge in [0.25, 0.3) is 0 Å². The van der Waals surface area contributed by atoms with Crippen LogP contribution in [0.1, 0.15) is 6.92 Å². The van der Waals surface area contributed by atoms with Gasteiger partial charge in [-0.3, -0.25) is 6.79 Å². The van der Waals surface area contributed by atoms with Crippen LogP contribution in [0.5, 0.6) is 0 Å². The molecule has 3 heteroatoms. The third kappa shape index (κ3) is 1840. The first-order chi connectivity index (χ1) is 2.41. The summed E-state index contributed by atoms with van der Waals surface area (Å²) in [5, 5.41) is 7.57. The van der Waals surface area contributed by atoms with E-state index in [0.717, 1.165) is 0 Å². The van der Waals surface area contributed by atoms with Crippen molar-refractivity contribution in [1.29, 1.82) is 0 Å². The van der Waals surface area contributed by atoms with Crippen LogP contribution in [0.4, 0.5) is 0 Å². The monoisotopic (exact) mass is 130 g/mol. The van der Waals surface area contributed by atoms with Crippen molar-refractivity contribution in [3.05, 3.63) is 0 Å². The van der Waals surface area contributed by atoms with Gasteiger partial charge in [0.2, 0.25) is 0 Å². The molecule has 0 rings (SSSR count). The van der Waals surface area contributed by atoms with E-state index in [0.29, 0.717) is 0 Å². The topological polar surface area (TPSA) is 37.3 Å². The van der Waals surface area contributed by atoms with Crippen LogP contribution in [0.15, 0.2) is 0 Å². The minimum Gasteiger partial charge on any atom is -0.545 e. The van der Waals surface area contributed by atoms with Gasteiger partial charge in [0, 0.05) is 23.7 Å². The van der Waals surface area contributed by atoms with Crippen LogP contribution in [-0.4, -0.2) is 18.5 Å². The molecular formula is C3H7MnO2-. The van der Waals surface area contributed by atoms with Crippen molar-refractivity contribution in [2.24, 2.45) is 0 Å². The summed E-state index contributed by atoms with van der Waals surface area (Å²) in [5.74, 6) is 0. The van der Waals surface area contributed by atoms with Crippen molar-refractivity contribution in [2.75, 3.05) is 6.61 Å². The summed E-state index contributed by atoms with van der Waals surface area (Å²) in [6.07, 6.45) is 0. The normalized spacial score (nSPS) is 3.67. The minimum absolute atomic E-state index is 0. The molecule has 0 saturated carbocycles. The summed E-state index contributed by atoms with van der Waals surface area (Å²) in [7, 11) is 0. The molecule has 0 unspecified atom stereocenters. The van der Waals surface area contributed by atoms with E-state index >= 15 is 0 Å². The summed E-state index contributed by atoms with van der Waals surface area (Å²) in [5.41, 5.74) is 0. The predicted octanol–water partition coefficient (Wildman–Crippen LogP) is -0.278. The molecule has 0 bridgehead atoms. The number of hydrogen-bond acceptors (Lipinski definition) is 2. The molecule has 0 aliphatic heterocycles. The molecule has 39 valence electrons. The molecular weight excluding hydrogens is 123 g/mol. The smallest absolute Gasteiger partial charge is 0.0402 e. The van der Waals surface area contributed by atoms with Gasteiger partial charge in [0.1, 0.15) is 0 Å². The van der Waals surface area contributed by atoms with E-state index in [1.54, 1.807) is 6.92 Å². The van der Waals surface area contributed by atoms with Crippen LogP contribution in [-0.2, 0) is 21.9 Å². The Morgan fingerprint density at radius 1 is 1.67 bits per heavy atom. The Morgan fingerprint density at radius 2 is 1.67 bits per heavy atom. The van der Waals surface area contributed by atoms with E-state index in [2.05, 4.69) is 6.79 Å². The standard InChI is InChI=1S/C2H6O.CHO.Mn/c1-2-3;1-2;/h3H,2H2,1H3;1H;/q;-1;. The van der Waals surface area contributed by atoms with Crippen molar-refractivity contribution in [2.45, 2.75) is 6.92 Å². The van der Waals surface area contributed by atoms with Gasteiger partial charge in [-0.1, -0.05) is 0 Å². The molecule has 0 atom stereocenters. The molecule has 0 aromatic carbocycles. The van der Waals surface area contributed by atoms with Gasteiger partial charge in [-0.05, 0) is 6.92 Å². The Hall–Kier alpha value is 0.149. The molecule has 0 spiro atoms. The zero-order valence-corrected chi connectivity index (χ0v) is 4.70. The average Bonchev–Trinajstić information content (AvgIpc) is 1.46. The molecule has 0 aromatic rings. The molecule has 0 aliphatic rings. The molecule has 0 aromatic heterocycles. The van der Waals surface area contributed by atoms with Crippen LogP contribution in [0.3, 0.4) is 0 Å². The fraction of sp³-hybridized carbons (Fsp3) is 0.667. The number of aliphatic hydroxyl groups is 1. The summed E-state index contributed by atoms with van der Waals surface area (Å²) in [6.45, 7) is 5.18. The maximum Gasteiger partial charge on any atom is 0.0402 e. The van der Waals surface area contributed by atoms with Gasteiger partial charge in [-0.25, -0.2) is 0 Å². The third-order valence-electron chi connectivity index (χ3n) is 0. The largest absolute Gasteiger partial charge is 0.545 e. The zero-order valence-electron chi connectivity index (χ0n) is 3.52. The first-order valence-corrected chi connectivity index (χ1v) is 1.26. The van der Waals surface area contributed by atoms with Gasteiger partial charge in [-0.15, -0.1) is 0 Å². The van der Waals surface area contributed by atoms with Crippen molar-refractivity contribution in [3.8, 4) is 0 Å².